The van der Waals surface area contributed by atoms with E-state index in [0.29, 0.717) is 24.2 Å². The molecule has 0 atom stereocenters. The van der Waals surface area contributed by atoms with Crippen molar-refractivity contribution in [2.24, 2.45) is 5.92 Å². The highest BCUT2D eigenvalue weighted by atomic mass is 32.2. The lowest BCUT2D eigenvalue weighted by atomic mass is 9.95. The molecule has 0 spiro atoms. The predicted molar refractivity (Wildman–Crippen MR) is 128 cm³/mol. The first-order valence-electron chi connectivity index (χ1n) is 10.9. The van der Waals surface area contributed by atoms with E-state index in [1.807, 2.05) is 0 Å². The van der Waals surface area contributed by atoms with Gasteiger partial charge in [0.1, 0.15) is 5.82 Å². The Hall–Kier alpha value is -3.71. The Bertz CT molecular complexity index is 1420. The number of thiazole rings is 1. The van der Waals surface area contributed by atoms with E-state index in [1.165, 1.54) is 30.5 Å². The molecular weight excluding hydrogens is 511 g/mol. The van der Waals surface area contributed by atoms with Crippen LogP contribution in [-0.4, -0.2) is 41.3 Å². The Morgan fingerprint density at radius 3 is 2.53 bits per heavy atom. The van der Waals surface area contributed by atoms with Gasteiger partial charge in [0, 0.05) is 17.7 Å². The number of nitrogens with zero attached hydrogens (tertiary/aromatic N) is 2. The number of aromatic nitrogens is 2. The minimum atomic E-state index is -4.20. The predicted octanol–water partition coefficient (Wildman–Crippen LogP) is 4.15. The maximum absolute atomic E-state index is 13.9. The van der Waals surface area contributed by atoms with Crippen LogP contribution >= 0.6 is 11.3 Å². The van der Waals surface area contributed by atoms with Gasteiger partial charge in [-0.1, -0.05) is 30.2 Å². The van der Waals surface area contributed by atoms with Crippen LogP contribution in [0.4, 0.5) is 20.0 Å². The zero-order chi connectivity index (χ0) is 25.9. The summed E-state index contributed by atoms with van der Waals surface area (Å²) in [7, 11) is -4.20. The van der Waals surface area contributed by atoms with Gasteiger partial charge in [0.25, 0.3) is 0 Å². The van der Waals surface area contributed by atoms with Gasteiger partial charge in [-0.3, -0.25) is 14.9 Å². The summed E-state index contributed by atoms with van der Waals surface area (Å²) in [5.74, 6) is -2.43. The normalized spacial score (nSPS) is 13.9. The molecule has 2 aromatic heterocycles. The smallest absolute Gasteiger partial charge is 0.325 e. The molecule has 0 bridgehead atoms. The van der Waals surface area contributed by atoms with Gasteiger partial charge in [0.05, 0.1) is 17.8 Å². The third kappa shape index (κ3) is 5.57. The van der Waals surface area contributed by atoms with Crippen molar-refractivity contribution in [2.45, 2.75) is 41.3 Å². The Morgan fingerprint density at radius 1 is 1.11 bits per heavy atom. The summed E-state index contributed by atoms with van der Waals surface area (Å²) in [6.07, 6.45) is 3.78. The van der Waals surface area contributed by atoms with E-state index < -0.39 is 34.1 Å². The molecule has 0 aliphatic heterocycles. The number of ketones is 1. The molecule has 1 aliphatic rings. The van der Waals surface area contributed by atoms with Crippen LogP contribution in [0.3, 0.4) is 0 Å². The van der Waals surface area contributed by atoms with Crippen molar-refractivity contribution in [1.29, 1.82) is 0 Å². The van der Waals surface area contributed by atoms with Gasteiger partial charge in [0.2, 0.25) is 9.84 Å². The maximum atomic E-state index is 13.9. The number of urea groups is 1. The Morgan fingerprint density at radius 2 is 1.86 bits per heavy atom. The lowest BCUT2D eigenvalue weighted by Crippen LogP contribution is -2.22. The summed E-state index contributed by atoms with van der Waals surface area (Å²) < 4.78 is 39.6. The molecule has 2 amide bonds. The van der Waals surface area contributed by atoms with Crippen LogP contribution in [0.25, 0.3) is 0 Å². The molecule has 1 fully saturated rings. The second-order valence-corrected chi connectivity index (χ2v) is 11.2. The number of sulfone groups is 1. The number of amides is 2. The third-order valence-corrected chi connectivity index (χ3v) is 8.81. The maximum Gasteiger partial charge on any atom is 0.325 e. The number of hydrogen-bond acceptors (Lipinski definition) is 8. The van der Waals surface area contributed by atoms with Crippen LogP contribution in [0.5, 0.6) is 0 Å². The molecule has 1 aliphatic carbocycles. The molecule has 1 aromatic carbocycles. The van der Waals surface area contributed by atoms with Gasteiger partial charge in [-0.2, -0.15) is 0 Å². The van der Waals surface area contributed by atoms with Crippen molar-refractivity contribution in [3.05, 3.63) is 59.7 Å². The van der Waals surface area contributed by atoms with E-state index in [1.54, 1.807) is 0 Å². The molecule has 0 unspecified atom stereocenters. The SMILES string of the molecule is O=C(O)Cc1nc(NC(=O)Nc2ccc(F)cc2C(=O)C2CCCC2)sc1S(=O)(=O)c1ccccn1. The molecule has 3 N–H and O–H groups in total. The lowest BCUT2D eigenvalue weighted by molar-refractivity contribution is -0.136. The van der Waals surface area contributed by atoms with Crippen LogP contribution in [-0.2, 0) is 21.1 Å². The first kappa shape index (κ1) is 25.4. The number of Topliss-reactive ketones (excluding diaryl/α,β-unsaturated/α-hetero) is 1. The lowest BCUT2D eigenvalue weighted by Gasteiger charge is -2.14. The van der Waals surface area contributed by atoms with Gasteiger partial charge in [-0.25, -0.2) is 27.6 Å². The van der Waals surface area contributed by atoms with Gasteiger partial charge in [-0.05, 0) is 43.2 Å². The number of pyridine rings is 1. The number of carbonyl (C=O) groups is 3. The Kier molecular flexibility index (Phi) is 7.40. The highest BCUT2D eigenvalue weighted by Gasteiger charge is 2.29. The quantitative estimate of drug-likeness (QED) is 0.365. The minimum absolute atomic E-state index is 0.0428. The Labute approximate surface area is 209 Å². The molecule has 13 heteroatoms. The van der Waals surface area contributed by atoms with Gasteiger partial charge in [0.15, 0.2) is 20.1 Å². The molecule has 10 nitrogen and oxygen atoms in total. The second-order valence-electron chi connectivity index (χ2n) is 8.11. The summed E-state index contributed by atoms with van der Waals surface area (Å²) >= 11 is 0.574. The number of nitrogens with one attached hydrogen (secondary N) is 2. The summed E-state index contributed by atoms with van der Waals surface area (Å²) in [4.78, 5) is 44.7. The molecule has 0 radical (unpaired) electrons. The fourth-order valence-corrected chi connectivity index (χ4v) is 6.66. The summed E-state index contributed by atoms with van der Waals surface area (Å²) in [6.45, 7) is 0. The minimum Gasteiger partial charge on any atom is -0.481 e. The van der Waals surface area contributed by atoms with Crippen LogP contribution in [0.2, 0.25) is 0 Å². The zero-order valence-corrected chi connectivity index (χ0v) is 20.4. The highest BCUT2D eigenvalue weighted by Crippen LogP contribution is 2.33. The second kappa shape index (κ2) is 10.5. The Balaban J connectivity index is 1.59. The van der Waals surface area contributed by atoms with Crippen molar-refractivity contribution in [3.63, 3.8) is 0 Å². The number of halogens is 1. The average Bonchev–Trinajstić information content (AvgIpc) is 3.51. The molecule has 0 saturated heterocycles. The number of benzene rings is 1. The van der Waals surface area contributed by atoms with Crippen molar-refractivity contribution in [2.75, 3.05) is 10.6 Å². The standard InChI is InChI=1S/C23H21FN4O6S2/c24-14-8-9-16(15(11-14)20(31)13-5-1-2-6-13)26-22(32)28-23-27-17(12-19(29)30)21(35-23)36(33,34)18-7-3-4-10-25-18/h3-4,7-11,13H,1-2,5-6,12H2,(H,29,30)(H2,26,27,28,32). The molecule has 4 rings (SSSR count). The van der Waals surface area contributed by atoms with Gasteiger partial charge >= 0.3 is 12.0 Å². The number of hydrogen-bond donors (Lipinski definition) is 3. The zero-order valence-electron chi connectivity index (χ0n) is 18.7. The van der Waals surface area contributed by atoms with Crippen LogP contribution in [0, 0.1) is 11.7 Å². The molecular formula is C23H21FN4O6S2. The van der Waals surface area contributed by atoms with E-state index in [9.17, 15) is 32.3 Å². The van der Waals surface area contributed by atoms with Gasteiger partial charge in [-0.15, -0.1) is 0 Å². The van der Waals surface area contributed by atoms with E-state index in [0.717, 1.165) is 25.0 Å². The molecule has 36 heavy (non-hydrogen) atoms. The summed E-state index contributed by atoms with van der Waals surface area (Å²) in [6, 6.07) is 6.84. The summed E-state index contributed by atoms with van der Waals surface area (Å²) in [5, 5.41) is 13.6. The van der Waals surface area contributed by atoms with E-state index in [4.69, 9.17) is 0 Å². The summed E-state index contributed by atoms with van der Waals surface area (Å²) in [5.41, 5.74) is -0.122. The van der Waals surface area contributed by atoms with Crippen molar-refractivity contribution in [1.82, 2.24) is 9.97 Å². The number of carboxylic acid groups (broad SMARTS) is 1. The highest BCUT2D eigenvalue weighted by molar-refractivity contribution is 7.93. The first-order valence-corrected chi connectivity index (χ1v) is 13.2. The molecule has 2 heterocycles. The van der Waals surface area contributed by atoms with Crippen LogP contribution < -0.4 is 10.6 Å². The number of anilines is 2. The van der Waals surface area contributed by atoms with Crippen LogP contribution in [0.15, 0.2) is 51.8 Å². The van der Waals surface area contributed by atoms with Gasteiger partial charge < -0.3 is 10.4 Å². The number of rotatable bonds is 8. The topological polar surface area (TPSA) is 155 Å². The molecule has 3 aromatic rings. The van der Waals surface area contributed by atoms with E-state index in [2.05, 4.69) is 20.6 Å². The monoisotopic (exact) mass is 532 g/mol. The fourth-order valence-electron chi connectivity index (χ4n) is 3.95. The van der Waals surface area contributed by atoms with Crippen molar-refractivity contribution >= 4 is 49.8 Å². The number of carboxylic acids is 1. The molecule has 188 valence electrons. The molecule has 1 saturated carbocycles. The average molecular weight is 533 g/mol. The van der Waals surface area contributed by atoms with E-state index >= 15 is 0 Å². The largest absolute Gasteiger partial charge is 0.481 e. The van der Waals surface area contributed by atoms with Crippen molar-refractivity contribution < 1.29 is 32.3 Å². The third-order valence-electron chi connectivity index (χ3n) is 5.58. The first-order chi connectivity index (χ1) is 17.1. The van der Waals surface area contributed by atoms with Crippen molar-refractivity contribution in [3.8, 4) is 0 Å². The number of carbonyl (C=O) groups excluding carboxylic acids is 2. The van der Waals surface area contributed by atoms with Crippen LogP contribution in [0.1, 0.15) is 41.7 Å². The van der Waals surface area contributed by atoms with E-state index in [-0.39, 0.29) is 43.0 Å². The number of aliphatic carboxylic acids is 1. The fraction of sp³-hybridized carbons (Fsp3) is 0.261.